The molecule has 0 saturated carbocycles. The lowest BCUT2D eigenvalue weighted by molar-refractivity contribution is -0.135. The Labute approximate surface area is 111 Å². The third kappa shape index (κ3) is 3.69. The molecule has 1 fully saturated rings. The quantitative estimate of drug-likeness (QED) is 0.805. The number of carbonyl (C=O) groups excluding carboxylic acids is 1. The van der Waals surface area contributed by atoms with Gasteiger partial charge in [0.2, 0.25) is 5.91 Å². The molecule has 0 radical (unpaired) electrons. The van der Waals surface area contributed by atoms with E-state index >= 15 is 0 Å². The molecule has 1 rings (SSSR count). The smallest absolute Gasteiger partial charge is 0.239 e. The Balaban J connectivity index is 2.45. The SMILES string of the molecule is CCC(C)C(N)C(=O)N1CCN(C(C)CC)CC1. The lowest BCUT2D eigenvalue weighted by Crippen LogP contribution is -2.55. The Morgan fingerprint density at radius 2 is 1.67 bits per heavy atom. The Hall–Kier alpha value is -0.610. The van der Waals surface area contributed by atoms with Crippen LogP contribution in [0.2, 0.25) is 0 Å². The number of carbonyl (C=O) groups is 1. The normalized spacial score (nSPS) is 22.6. The minimum absolute atomic E-state index is 0.133. The molecule has 2 N–H and O–H groups in total. The zero-order chi connectivity index (χ0) is 13.7. The van der Waals surface area contributed by atoms with E-state index in [0.717, 1.165) is 32.6 Å². The zero-order valence-corrected chi connectivity index (χ0v) is 12.4. The Morgan fingerprint density at radius 3 is 2.11 bits per heavy atom. The second kappa shape index (κ2) is 7.10. The number of nitrogens with zero attached hydrogens (tertiary/aromatic N) is 2. The summed E-state index contributed by atoms with van der Waals surface area (Å²) in [6.45, 7) is 12.2. The Kier molecular flexibility index (Phi) is 6.09. The highest BCUT2D eigenvalue weighted by molar-refractivity contribution is 5.82. The molecule has 1 aliphatic heterocycles. The molecule has 0 spiro atoms. The van der Waals surface area contributed by atoms with Crippen LogP contribution in [0.4, 0.5) is 0 Å². The minimum Gasteiger partial charge on any atom is -0.339 e. The molecule has 0 bridgehead atoms. The van der Waals surface area contributed by atoms with Crippen LogP contribution in [0.25, 0.3) is 0 Å². The van der Waals surface area contributed by atoms with Gasteiger partial charge in [-0.2, -0.15) is 0 Å². The van der Waals surface area contributed by atoms with Gasteiger partial charge in [-0.3, -0.25) is 9.69 Å². The molecule has 3 unspecified atom stereocenters. The van der Waals surface area contributed by atoms with E-state index in [1.165, 1.54) is 6.42 Å². The third-order valence-electron chi connectivity index (χ3n) is 4.38. The van der Waals surface area contributed by atoms with Crippen molar-refractivity contribution in [3.63, 3.8) is 0 Å². The minimum atomic E-state index is -0.329. The molecule has 1 saturated heterocycles. The van der Waals surface area contributed by atoms with Crippen molar-refractivity contribution in [2.45, 2.75) is 52.6 Å². The van der Waals surface area contributed by atoms with Crippen LogP contribution in [0.15, 0.2) is 0 Å². The van der Waals surface area contributed by atoms with Crippen LogP contribution in [-0.2, 0) is 4.79 Å². The van der Waals surface area contributed by atoms with Gasteiger partial charge in [-0.05, 0) is 19.3 Å². The summed E-state index contributed by atoms with van der Waals surface area (Å²) in [6, 6.07) is 0.288. The van der Waals surface area contributed by atoms with E-state index in [-0.39, 0.29) is 17.9 Å². The van der Waals surface area contributed by atoms with Crippen molar-refractivity contribution >= 4 is 5.91 Å². The summed E-state index contributed by atoms with van der Waals surface area (Å²) in [5.74, 6) is 0.401. The van der Waals surface area contributed by atoms with Crippen LogP contribution in [-0.4, -0.2) is 54.0 Å². The molecular weight excluding hydrogens is 226 g/mol. The van der Waals surface area contributed by atoms with Crippen LogP contribution in [0.3, 0.4) is 0 Å². The van der Waals surface area contributed by atoms with Crippen molar-refractivity contribution in [2.75, 3.05) is 26.2 Å². The van der Waals surface area contributed by atoms with Gasteiger partial charge < -0.3 is 10.6 Å². The zero-order valence-electron chi connectivity index (χ0n) is 12.4. The van der Waals surface area contributed by atoms with Crippen molar-refractivity contribution in [1.29, 1.82) is 0 Å². The first-order valence-corrected chi connectivity index (χ1v) is 7.29. The predicted molar refractivity (Wildman–Crippen MR) is 75.3 cm³/mol. The first kappa shape index (κ1) is 15.4. The number of hydrogen-bond donors (Lipinski definition) is 1. The fourth-order valence-corrected chi connectivity index (χ4v) is 2.35. The van der Waals surface area contributed by atoms with Gasteiger partial charge in [0.15, 0.2) is 0 Å². The lowest BCUT2D eigenvalue weighted by atomic mass is 9.98. The third-order valence-corrected chi connectivity index (χ3v) is 4.38. The lowest BCUT2D eigenvalue weighted by Gasteiger charge is -2.39. The fourth-order valence-electron chi connectivity index (χ4n) is 2.35. The summed E-state index contributed by atoms with van der Waals surface area (Å²) in [4.78, 5) is 16.6. The highest BCUT2D eigenvalue weighted by Gasteiger charge is 2.28. The molecule has 1 aliphatic rings. The molecule has 1 heterocycles. The number of amides is 1. The molecule has 4 heteroatoms. The van der Waals surface area contributed by atoms with Crippen LogP contribution in [0, 0.1) is 5.92 Å². The highest BCUT2D eigenvalue weighted by atomic mass is 16.2. The Morgan fingerprint density at radius 1 is 1.11 bits per heavy atom. The summed E-state index contributed by atoms with van der Waals surface area (Å²) in [5, 5.41) is 0. The number of piperazine rings is 1. The predicted octanol–water partition coefficient (Wildman–Crippen LogP) is 1.30. The van der Waals surface area contributed by atoms with Crippen molar-refractivity contribution in [1.82, 2.24) is 9.80 Å². The molecule has 106 valence electrons. The van der Waals surface area contributed by atoms with Gasteiger partial charge in [-0.15, -0.1) is 0 Å². The van der Waals surface area contributed by atoms with Crippen LogP contribution in [0.1, 0.15) is 40.5 Å². The van der Waals surface area contributed by atoms with E-state index in [0.29, 0.717) is 6.04 Å². The maximum absolute atomic E-state index is 12.2. The van der Waals surface area contributed by atoms with Crippen molar-refractivity contribution < 1.29 is 4.79 Å². The van der Waals surface area contributed by atoms with E-state index in [2.05, 4.69) is 32.6 Å². The molecule has 4 nitrogen and oxygen atoms in total. The number of nitrogens with two attached hydrogens (primary N) is 1. The van der Waals surface area contributed by atoms with Gasteiger partial charge in [0, 0.05) is 32.2 Å². The molecule has 0 aromatic carbocycles. The average molecular weight is 255 g/mol. The van der Waals surface area contributed by atoms with Gasteiger partial charge in [0.05, 0.1) is 6.04 Å². The number of rotatable bonds is 5. The maximum atomic E-state index is 12.2. The van der Waals surface area contributed by atoms with E-state index in [9.17, 15) is 4.79 Å². The second-order valence-electron chi connectivity index (χ2n) is 5.53. The Bertz CT molecular complexity index is 262. The topological polar surface area (TPSA) is 49.6 Å². The van der Waals surface area contributed by atoms with Crippen LogP contribution < -0.4 is 5.73 Å². The summed E-state index contributed by atoms with van der Waals surface area (Å²) >= 11 is 0. The van der Waals surface area contributed by atoms with Gasteiger partial charge in [0.1, 0.15) is 0 Å². The monoisotopic (exact) mass is 255 g/mol. The van der Waals surface area contributed by atoms with Gasteiger partial charge in [0.25, 0.3) is 0 Å². The molecule has 18 heavy (non-hydrogen) atoms. The summed E-state index contributed by atoms with van der Waals surface area (Å²) in [7, 11) is 0. The van der Waals surface area contributed by atoms with Crippen molar-refractivity contribution in [2.24, 2.45) is 11.7 Å². The summed E-state index contributed by atoms with van der Waals surface area (Å²) in [6.07, 6.45) is 2.13. The number of hydrogen-bond acceptors (Lipinski definition) is 3. The van der Waals surface area contributed by atoms with E-state index in [1.54, 1.807) is 0 Å². The summed E-state index contributed by atoms with van der Waals surface area (Å²) < 4.78 is 0. The van der Waals surface area contributed by atoms with Gasteiger partial charge >= 0.3 is 0 Å². The highest BCUT2D eigenvalue weighted by Crippen LogP contribution is 2.13. The molecule has 3 atom stereocenters. The van der Waals surface area contributed by atoms with Crippen molar-refractivity contribution in [3.05, 3.63) is 0 Å². The largest absolute Gasteiger partial charge is 0.339 e. The summed E-state index contributed by atoms with van der Waals surface area (Å²) in [5.41, 5.74) is 6.02. The first-order chi connectivity index (χ1) is 8.51. The fraction of sp³-hybridized carbons (Fsp3) is 0.929. The molecule has 0 aromatic heterocycles. The second-order valence-corrected chi connectivity index (χ2v) is 5.53. The van der Waals surface area contributed by atoms with Crippen molar-refractivity contribution in [3.8, 4) is 0 Å². The van der Waals surface area contributed by atoms with E-state index < -0.39 is 0 Å². The molecule has 1 amide bonds. The van der Waals surface area contributed by atoms with E-state index in [1.807, 2.05) is 4.90 Å². The van der Waals surface area contributed by atoms with Crippen LogP contribution in [0.5, 0.6) is 0 Å². The van der Waals surface area contributed by atoms with E-state index in [4.69, 9.17) is 5.73 Å². The maximum Gasteiger partial charge on any atom is 0.239 e. The first-order valence-electron chi connectivity index (χ1n) is 7.29. The molecular formula is C14H29N3O. The standard InChI is InChI=1S/C14H29N3O/c1-5-11(3)13(15)14(18)17-9-7-16(8-10-17)12(4)6-2/h11-13H,5-10,15H2,1-4H3. The average Bonchev–Trinajstić information content (AvgIpc) is 2.44. The van der Waals surface area contributed by atoms with Gasteiger partial charge in [-0.1, -0.05) is 27.2 Å². The van der Waals surface area contributed by atoms with Gasteiger partial charge in [-0.25, -0.2) is 0 Å². The van der Waals surface area contributed by atoms with Crippen LogP contribution >= 0.6 is 0 Å². The molecule has 0 aromatic rings. The molecule has 0 aliphatic carbocycles.